The molecule has 15 heavy (non-hydrogen) atoms. The van der Waals surface area contributed by atoms with Gasteiger partial charge in [0.05, 0.1) is 7.11 Å². The average Bonchev–Trinajstić information content (AvgIpc) is 2.60. The lowest BCUT2D eigenvalue weighted by Crippen LogP contribution is -1.95. The second kappa shape index (κ2) is 3.85. The molecule has 0 spiro atoms. The van der Waals surface area contributed by atoms with Crippen LogP contribution in [0, 0.1) is 5.82 Å². The Morgan fingerprint density at radius 2 is 2.27 bits per heavy atom. The second-order valence-corrected chi connectivity index (χ2v) is 3.49. The van der Waals surface area contributed by atoms with Crippen LogP contribution in [0.5, 0.6) is 0 Å². The van der Waals surface area contributed by atoms with Gasteiger partial charge in [0.25, 0.3) is 0 Å². The predicted octanol–water partition coefficient (Wildman–Crippen LogP) is 2.33. The maximum absolute atomic E-state index is 12.9. The third-order valence-corrected chi connectivity index (χ3v) is 2.57. The molecular formula is C12H11FO2. The van der Waals surface area contributed by atoms with E-state index in [0.717, 1.165) is 29.5 Å². The number of methoxy groups -OCH3 is 1. The molecule has 1 aromatic rings. The van der Waals surface area contributed by atoms with Gasteiger partial charge in [-0.15, -0.1) is 0 Å². The summed E-state index contributed by atoms with van der Waals surface area (Å²) in [5, 5.41) is 0. The fraction of sp³-hybridized carbons (Fsp3) is 0.250. The zero-order chi connectivity index (χ0) is 10.8. The molecule has 0 bridgehead atoms. The Morgan fingerprint density at radius 1 is 1.47 bits per heavy atom. The number of halogens is 1. The summed E-state index contributed by atoms with van der Waals surface area (Å²) in [5.74, 6) is -0.588. The fourth-order valence-electron chi connectivity index (χ4n) is 1.84. The first kappa shape index (κ1) is 9.90. The lowest BCUT2D eigenvalue weighted by atomic mass is 10.1. The minimum atomic E-state index is -0.359. The van der Waals surface area contributed by atoms with Crippen LogP contribution in [-0.2, 0) is 16.0 Å². The number of hydrogen-bond acceptors (Lipinski definition) is 2. The zero-order valence-electron chi connectivity index (χ0n) is 8.42. The Hall–Kier alpha value is -1.64. The van der Waals surface area contributed by atoms with Crippen molar-refractivity contribution in [1.82, 2.24) is 0 Å². The van der Waals surface area contributed by atoms with Gasteiger partial charge >= 0.3 is 5.97 Å². The standard InChI is InChI=1S/C12H11FO2/c1-15-12(14)7-9-3-2-8-6-10(13)4-5-11(8)9/h4-7H,2-3H2,1H3/b9-7-. The Labute approximate surface area is 87.4 Å². The van der Waals surface area contributed by atoms with E-state index in [-0.39, 0.29) is 11.8 Å². The average molecular weight is 206 g/mol. The van der Waals surface area contributed by atoms with E-state index < -0.39 is 0 Å². The van der Waals surface area contributed by atoms with Gasteiger partial charge in [-0.3, -0.25) is 0 Å². The Balaban J connectivity index is 2.37. The van der Waals surface area contributed by atoms with E-state index in [1.807, 2.05) is 0 Å². The van der Waals surface area contributed by atoms with Crippen molar-refractivity contribution in [2.75, 3.05) is 7.11 Å². The number of ether oxygens (including phenoxy) is 1. The Kier molecular flexibility index (Phi) is 2.54. The molecule has 2 rings (SSSR count). The third kappa shape index (κ3) is 1.91. The van der Waals surface area contributed by atoms with Crippen molar-refractivity contribution in [2.45, 2.75) is 12.8 Å². The number of aryl methyl sites for hydroxylation is 1. The minimum Gasteiger partial charge on any atom is -0.466 e. The monoisotopic (exact) mass is 206 g/mol. The molecule has 0 unspecified atom stereocenters. The first-order valence-electron chi connectivity index (χ1n) is 4.78. The summed E-state index contributed by atoms with van der Waals surface area (Å²) in [6.45, 7) is 0. The van der Waals surface area contributed by atoms with Gasteiger partial charge in [-0.25, -0.2) is 9.18 Å². The van der Waals surface area contributed by atoms with Gasteiger partial charge in [0.1, 0.15) is 5.82 Å². The highest BCUT2D eigenvalue weighted by atomic mass is 19.1. The predicted molar refractivity (Wildman–Crippen MR) is 54.7 cm³/mol. The van der Waals surface area contributed by atoms with Crippen LogP contribution in [-0.4, -0.2) is 13.1 Å². The lowest BCUT2D eigenvalue weighted by molar-refractivity contribution is -0.134. The molecule has 0 amide bonds. The maximum Gasteiger partial charge on any atom is 0.330 e. The summed E-state index contributed by atoms with van der Waals surface area (Å²) in [6.07, 6.45) is 3.04. The van der Waals surface area contributed by atoms with Crippen LogP contribution in [0.3, 0.4) is 0 Å². The molecule has 78 valence electrons. The van der Waals surface area contributed by atoms with Crippen molar-refractivity contribution < 1.29 is 13.9 Å². The van der Waals surface area contributed by atoms with E-state index >= 15 is 0 Å². The molecule has 0 fully saturated rings. The van der Waals surface area contributed by atoms with Crippen molar-refractivity contribution in [1.29, 1.82) is 0 Å². The molecule has 0 radical (unpaired) electrons. The van der Waals surface area contributed by atoms with Crippen molar-refractivity contribution in [2.24, 2.45) is 0 Å². The maximum atomic E-state index is 12.9. The minimum absolute atomic E-state index is 0.229. The normalized spacial score (nSPS) is 16.5. The van der Waals surface area contributed by atoms with Gasteiger partial charge in [0.15, 0.2) is 0 Å². The molecule has 0 atom stereocenters. The molecule has 0 aliphatic heterocycles. The third-order valence-electron chi connectivity index (χ3n) is 2.57. The number of carbonyl (C=O) groups is 1. The first-order chi connectivity index (χ1) is 7.20. The molecule has 0 heterocycles. The quantitative estimate of drug-likeness (QED) is 0.520. The summed E-state index contributed by atoms with van der Waals surface area (Å²) in [7, 11) is 1.35. The summed E-state index contributed by atoms with van der Waals surface area (Å²) >= 11 is 0. The fourth-order valence-corrected chi connectivity index (χ4v) is 1.84. The van der Waals surface area contributed by atoms with E-state index in [0.29, 0.717) is 0 Å². The highest BCUT2D eigenvalue weighted by molar-refractivity contribution is 5.92. The molecule has 1 aromatic carbocycles. The molecule has 2 nitrogen and oxygen atoms in total. The zero-order valence-corrected chi connectivity index (χ0v) is 8.42. The van der Waals surface area contributed by atoms with Gasteiger partial charge in [-0.1, -0.05) is 6.07 Å². The molecular weight excluding hydrogens is 195 g/mol. The van der Waals surface area contributed by atoms with Gasteiger partial charge in [0.2, 0.25) is 0 Å². The van der Waals surface area contributed by atoms with Crippen LogP contribution < -0.4 is 0 Å². The number of hydrogen-bond donors (Lipinski definition) is 0. The van der Waals surface area contributed by atoms with Crippen LogP contribution in [0.2, 0.25) is 0 Å². The number of fused-ring (bicyclic) bond motifs is 1. The van der Waals surface area contributed by atoms with Gasteiger partial charge in [-0.2, -0.15) is 0 Å². The largest absolute Gasteiger partial charge is 0.466 e. The lowest BCUT2D eigenvalue weighted by Gasteiger charge is -2.00. The van der Waals surface area contributed by atoms with Crippen molar-refractivity contribution >= 4 is 11.5 Å². The van der Waals surface area contributed by atoms with E-state index in [2.05, 4.69) is 4.74 Å². The van der Waals surface area contributed by atoms with Crippen molar-refractivity contribution in [3.63, 3.8) is 0 Å². The molecule has 3 heteroatoms. The first-order valence-corrected chi connectivity index (χ1v) is 4.78. The number of esters is 1. The number of carbonyl (C=O) groups excluding carboxylic acids is 1. The summed E-state index contributed by atoms with van der Waals surface area (Å²) in [6, 6.07) is 4.65. The summed E-state index contributed by atoms with van der Waals surface area (Å²) in [4.78, 5) is 11.1. The molecule has 1 aliphatic rings. The van der Waals surface area contributed by atoms with Crippen LogP contribution in [0.25, 0.3) is 5.57 Å². The highest BCUT2D eigenvalue weighted by Gasteiger charge is 2.17. The van der Waals surface area contributed by atoms with Gasteiger partial charge in [-0.05, 0) is 41.7 Å². The Bertz CT molecular complexity index is 435. The van der Waals surface area contributed by atoms with E-state index in [4.69, 9.17) is 0 Å². The topological polar surface area (TPSA) is 26.3 Å². The van der Waals surface area contributed by atoms with Crippen LogP contribution in [0.15, 0.2) is 24.3 Å². The molecule has 0 aromatic heterocycles. The van der Waals surface area contributed by atoms with E-state index in [1.54, 1.807) is 6.07 Å². The Morgan fingerprint density at radius 3 is 3.00 bits per heavy atom. The summed E-state index contributed by atoms with van der Waals surface area (Å²) < 4.78 is 17.5. The molecule has 0 N–H and O–H groups in total. The summed E-state index contributed by atoms with van der Waals surface area (Å²) in [5.41, 5.74) is 2.85. The van der Waals surface area contributed by atoms with Crippen molar-refractivity contribution in [3.8, 4) is 0 Å². The SMILES string of the molecule is COC(=O)/C=C1/CCc2cc(F)ccc21. The van der Waals surface area contributed by atoms with Gasteiger partial charge < -0.3 is 4.74 Å². The molecule has 1 aliphatic carbocycles. The van der Waals surface area contributed by atoms with Gasteiger partial charge in [0, 0.05) is 6.08 Å². The van der Waals surface area contributed by atoms with E-state index in [9.17, 15) is 9.18 Å². The second-order valence-electron chi connectivity index (χ2n) is 3.49. The number of benzene rings is 1. The highest BCUT2D eigenvalue weighted by Crippen LogP contribution is 2.32. The number of rotatable bonds is 1. The molecule has 0 saturated heterocycles. The van der Waals surface area contributed by atoms with Crippen molar-refractivity contribution in [3.05, 3.63) is 41.2 Å². The van der Waals surface area contributed by atoms with Crippen LogP contribution in [0.1, 0.15) is 17.5 Å². The number of allylic oxidation sites excluding steroid dienone is 1. The van der Waals surface area contributed by atoms with Crippen LogP contribution >= 0.6 is 0 Å². The smallest absolute Gasteiger partial charge is 0.330 e. The molecule has 0 saturated carbocycles. The van der Waals surface area contributed by atoms with Crippen LogP contribution in [0.4, 0.5) is 4.39 Å². The van der Waals surface area contributed by atoms with E-state index in [1.165, 1.54) is 25.3 Å².